The van der Waals surface area contributed by atoms with Crippen molar-refractivity contribution in [2.45, 2.75) is 32.8 Å². The predicted octanol–water partition coefficient (Wildman–Crippen LogP) is 3.27. The molecule has 0 saturated carbocycles. The second kappa shape index (κ2) is 4.92. The van der Waals surface area contributed by atoms with E-state index in [0.29, 0.717) is 0 Å². The smallest absolute Gasteiger partial charge is 0.169 e. The van der Waals surface area contributed by atoms with Crippen LogP contribution >= 0.6 is 0 Å². The molecule has 0 saturated heterocycles. The fraction of sp³-hybridized carbons (Fsp3) is 0.462. The average Bonchev–Trinajstić information content (AvgIpc) is 2.25. The standard InChI is InChI=1S/C13H16F2O2/c1-8-5-6-9(12(15)11(8)14)10(16)7-13(2,3)17-4/h5-6H,7H2,1-4H3. The molecule has 0 radical (unpaired) electrons. The normalized spacial score (nSPS) is 11.6. The Morgan fingerprint density at radius 1 is 1.29 bits per heavy atom. The van der Waals surface area contributed by atoms with Crippen molar-refractivity contribution in [1.29, 1.82) is 0 Å². The summed E-state index contributed by atoms with van der Waals surface area (Å²) in [5.74, 6) is -2.51. The number of benzene rings is 1. The molecule has 0 bridgehead atoms. The molecular formula is C13H16F2O2. The number of ketones is 1. The lowest BCUT2D eigenvalue weighted by Gasteiger charge is -2.21. The quantitative estimate of drug-likeness (QED) is 0.757. The fourth-order valence-electron chi connectivity index (χ4n) is 1.42. The minimum absolute atomic E-state index is 0.00290. The van der Waals surface area contributed by atoms with Crippen molar-refractivity contribution in [2.75, 3.05) is 7.11 Å². The highest BCUT2D eigenvalue weighted by Crippen LogP contribution is 2.21. The van der Waals surface area contributed by atoms with Crippen LogP contribution < -0.4 is 0 Å². The zero-order chi connectivity index (χ0) is 13.2. The van der Waals surface area contributed by atoms with Gasteiger partial charge in [-0.15, -0.1) is 0 Å². The van der Waals surface area contributed by atoms with Crippen molar-refractivity contribution in [3.8, 4) is 0 Å². The number of Topliss-reactive ketones (excluding diaryl/α,β-unsaturated/α-hetero) is 1. The van der Waals surface area contributed by atoms with Crippen LogP contribution in [-0.2, 0) is 4.74 Å². The van der Waals surface area contributed by atoms with Crippen molar-refractivity contribution in [3.05, 3.63) is 34.9 Å². The van der Waals surface area contributed by atoms with E-state index in [9.17, 15) is 13.6 Å². The van der Waals surface area contributed by atoms with Crippen LogP contribution in [0.5, 0.6) is 0 Å². The highest BCUT2D eigenvalue weighted by Gasteiger charge is 2.25. The zero-order valence-corrected chi connectivity index (χ0v) is 10.4. The summed E-state index contributed by atoms with van der Waals surface area (Å²) in [5, 5.41) is 0. The van der Waals surface area contributed by atoms with Crippen LogP contribution in [0.1, 0.15) is 36.2 Å². The van der Waals surface area contributed by atoms with E-state index in [1.54, 1.807) is 13.8 Å². The molecule has 0 spiro atoms. The van der Waals surface area contributed by atoms with E-state index in [-0.39, 0.29) is 17.5 Å². The lowest BCUT2D eigenvalue weighted by atomic mass is 9.96. The second-order valence-electron chi connectivity index (χ2n) is 4.62. The van der Waals surface area contributed by atoms with Crippen LogP contribution in [0.4, 0.5) is 8.78 Å². The van der Waals surface area contributed by atoms with Gasteiger partial charge in [-0.3, -0.25) is 4.79 Å². The lowest BCUT2D eigenvalue weighted by Crippen LogP contribution is -2.27. The summed E-state index contributed by atoms with van der Waals surface area (Å²) in [5.41, 5.74) is -0.728. The number of carbonyl (C=O) groups is 1. The summed E-state index contributed by atoms with van der Waals surface area (Å²) >= 11 is 0. The van der Waals surface area contributed by atoms with Gasteiger partial charge in [0.2, 0.25) is 0 Å². The number of aryl methyl sites for hydroxylation is 1. The molecule has 94 valence electrons. The first-order valence-corrected chi connectivity index (χ1v) is 5.31. The maximum atomic E-state index is 13.6. The lowest BCUT2D eigenvalue weighted by molar-refractivity contribution is 0.0171. The van der Waals surface area contributed by atoms with Crippen LogP contribution in [0.3, 0.4) is 0 Å². The first-order valence-electron chi connectivity index (χ1n) is 5.31. The molecule has 0 atom stereocenters. The average molecular weight is 242 g/mol. The van der Waals surface area contributed by atoms with Gasteiger partial charge in [0, 0.05) is 13.5 Å². The molecular weight excluding hydrogens is 226 g/mol. The van der Waals surface area contributed by atoms with Crippen LogP contribution in [-0.4, -0.2) is 18.5 Å². The first kappa shape index (κ1) is 13.8. The van der Waals surface area contributed by atoms with Crippen molar-refractivity contribution in [1.82, 2.24) is 0 Å². The molecule has 0 aromatic heterocycles. The van der Waals surface area contributed by atoms with Gasteiger partial charge >= 0.3 is 0 Å². The van der Waals surface area contributed by atoms with Gasteiger partial charge in [0.15, 0.2) is 17.4 Å². The van der Waals surface area contributed by atoms with Gasteiger partial charge in [0.25, 0.3) is 0 Å². The molecule has 0 heterocycles. The van der Waals surface area contributed by atoms with Crippen LogP contribution in [0, 0.1) is 18.6 Å². The maximum absolute atomic E-state index is 13.6. The Balaban J connectivity index is 3.02. The van der Waals surface area contributed by atoms with Gasteiger partial charge in [0.1, 0.15) is 0 Å². The van der Waals surface area contributed by atoms with Gasteiger partial charge in [0.05, 0.1) is 11.2 Å². The van der Waals surface area contributed by atoms with E-state index < -0.39 is 23.0 Å². The molecule has 0 aliphatic carbocycles. The Kier molecular flexibility index (Phi) is 3.98. The van der Waals surface area contributed by atoms with E-state index in [4.69, 9.17) is 4.74 Å². The number of ether oxygens (including phenoxy) is 1. The van der Waals surface area contributed by atoms with E-state index in [0.717, 1.165) is 0 Å². The van der Waals surface area contributed by atoms with Crippen molar-refractivity contribution in [3.63, 3.8) is 0 Å². The monoisotopic (exact) mass is 242 g/mol. The fourth-order valence-corrected chi connectivity index (χ4v) is 1.42. The Morgan fingerprint density at radius 3 is 2.41 bits per heavy atom. The summed E-state index contributed by atoms with van der Waals surface area (Å²) in [6.45, 7) is 4.88. The largest absolute Gasteiger partial charge is 0.378 e. The Morgan fingerprint density at radius 2 is 1.88 bits per heavy atom. The summed E-state index contributed by atoms with van der Waals surface area (Å²) < 4.78 is 31.9. The Labute approximate surface area is 99.6 Å². The molecule has 0 amide bonds. The Bertz CT molecular complexity index is 439. The van der Waals surface area contributed by atoms with E-state index in [1.165, 1.54) is 26.2 Å². The molecule has 1 aromatic carbocycles. The van der Waals surface area contributed by atoms with Crippen LogP contribution in [0.2, 0.25) is 0 Å². The SMILES string of the molecule is COC(C)(C)CC(=O)c1ccc(C)c(F)c1F. The summed E-state index contributed by atoms with van der Waals surface area (Å²) in [6.07, 6.45) is 0.00290. The third kappa shape index (κ3) is 3.09. The minimum atomic E-state index is -1.08. The second-order valence-corrected chi connectivity index (χ2v) is 4.62. The molecule has 17 heavy (non-hydrogen) atoms. The van der Waals surface area contributed by atoms with E-state index in [2.05, 4.69) is 0 Å². The topological polar surface area (TPSA) is 26.3 Å². The molecule has 0 aliphatic rings. The van der Waals surface area contributed by atoms with Crippen LogP contribution in [0.15, 0.2) is 12.1 Å². The Hall–Kier alpha value is -1.29. The highest BCUT2D eigenvalue weighted by molar-refractivity contribution is 5.97. The number of hydrogen-bond acceptors (Lipinski definition) is 2. The van der Waals surface area contributed by atoms with Gasteiger partial charge < -0.3 is 4.74 Å². The molecule has 0 unspecified atom stereocenters. The third-order valence-electron chi connectivity index (χ3n) is 2.71. The van der Waals surface area contributed by atoms with E-state index >= 15 is 0 Å². The van der Waals surface area contributed by atoms with Gasteiger partial charge in [-0.1, -0.05) is 6.07 Å². The van der Waals surface area contributed by atoms with E-state index in [1.807, 2.05) is 0 Å². The summed E-state index contributed by atoms with van der Waals surface area (Å²) in [6, 6.07) is 2.70. The molecule has 0 N–H and O–H groups in total. The first-order chi connectivity index (χ1) is 7.78. The number of methoxy groups -OCH3 is 1. The maximum Gasteiger partial charge on any atom is 0.169 e. The zero-order valence-electron chi connectivity index (χ0n) is 10.4. The summed E-state index contributed by atoms with van der Waals surface area (Å²) in [4.78, 5) is 11.8. The summed E-state index contributed by atoms with van der Waals surface area (Å²) in [7, 11) is 1.47. The highest BCUT2D eigenvalue weighted by atomic mass is 19.2. The van der Waals surface area contributed by atoms with Crippen LogP contribution in [0.25, 0.3) is 0 Å². The predicted molar refractivity (Wildman–Crippen MR) is 61.1 cm³/mol. The number of hydrogen-bond donors (Lipinski definition) is 0. The van der Waals surface area contributed by atoms with Crippen molar-refractivity contribution >= 4 is 5.78 Å². The molecule has 0 fully saturated rings. The van der Waals surface area contributed by atoms with Crippen molar-refractivity contribution in [2.24, 2.45) is 0 Å². The van der Waals surface area contributed by atoms with Gasteiger partial charge in [-0.25, -0.2) is 8.78 Å². The molecule has 1 aromatic rings. The minimum Gasteiger partial charge on any atom is -0.378 e. The number of rotatable bonds is 4. The molecule has 4 heteroatoms. The van der Waals surface area contributed by atoms with Crippen molar-refractivity contribution < 1.29 is 18.3 Å². The third-order valence-corrected chi connectivity index (χ3v) is 2.71. The molecule has 0 aliphatic heterocycles. The molecule has 2 nitrogen and oxygen atoms in total. The number of halogens is 2. The van der Waals surface area contributed by atoms with Gasteiger partial charge in [-0.05, 0) is 32.4 Å². The van der Waals surface area contributed by atoms with Gasteiger partial charge in [-0.2, -0.15) is 0 Å². The molecule has 1 rings (SSSR count). The number of carbonyl (C=O) groups excluding carboxylic acids is 1.